The van der Waals surface area contributed by atoms with Crippen LogP contribution in [0.2, 0.25) is 0 Å². The van der Waals surface area contributed by atoms with E-state index in [1.54, 1.807) is 0 Å². The van der Waals surface area contributed by atoms with Crippen LogP contribution < -0.4 is 0 Å². The molecule has 1 fully saturated rings. The number of hydrogen-bond acceptors (Lipinski definition) is 3. The van der Waals surface area contributed by atoms with Crippen molar-refractivity contribution in [3.05, 3.63) is 59.7 Å². The number of rotatable bonds is 0. The Kier molecular flexibility index (Phi) is 2.35. The SMILES string of the molecule is CC1C(=O)c2ccccc2C12C=CC1(C=C2)OCCO1. The minimum absolute atomic E-state index is 0.0915. The predicted octanol–water partition coefficient (Wildman–Crippen LogP) is 2.63. The molecule has 3 nitrogen and oxygen atoms in total. The number of benzene rings is 1. The maximum Gasteiger partial charge on any atom is 0.208 e. The lowest BCUT2D eigenvalue weighted by Gasteiger charge is -2.34. The van der Waals surface area contributed by atoms with E-state index in [4.69, 9.17) is 9.47 Å². The maximum absolute atomic E-state index is 12.5. The second-order valence-corrected chi connectivity index (χ2v) is 5.65. The van der Waals surface area contributed by atoms with Crippen molar-refractivity contribution in [2.24, 2.45) is 5.92 Å². The Labute approximate surface area is 117 Å². The topological polar surface area (TPSA) is 35.5 Å². The van der Waals surface area contributed by atoms with E-state index in [2.05, 4.69) is 12.2 Å². The Morgan fingerprint density at radius 3 is 2.40 bits per heavy atom. The molecule has 1 saturated heterocycles. The van der Waals surface area contributed by atoms with Crippen molar-refractivity contribution in [2.45, 2.75) is 18.1 Å². The van der Waals surface area contributed by atoms with E-state index in [0.29, 0.717) is 13.2 Å². The van der Waals surface area contributed by atoms with Gasteiger partial charge in [-0.1, -0.05) is 43.3 Å². The summed E-state index contributed by atoms with van der Waals surface area (Å²) >= 11 is 0. The third kappa shape index (κ3) is 1.39. The predicted molar refractivity (Wildman–Crippen MR) is 74.5 cm³/mol. The summed E-state index contributed by atoms with van der Waals surface area (Å²) in [5.41, 5.74) is 1.56. The summed E-state index contributed by atoms with van der Waals surface area (Å²) in [7, 11) is 0. The van der Waals surface area contributed by atoms with Crippen molar-refractivity contribution in [3.63, 3.8) is 0 Å². The number of carbonyl (C=O) groups excluding carboxylic acids is 1. The molecule has 1 unspecified atom stereocenters. The van der Waals surface area contributed by atoms with E-state index >= 15 is 0 Å². The molecule has 1 atom stereocenters. The van der Waals surface area contributed by atoms with Crippen LogP contribution in [0.3, 0.4) is 0 Å². The maximum atomic E-state index is 12.5. The van der Waals surface area contributed by atoms with Gasteiger partial charge in [-0.15, -0.1) is 0 Å². The van der Waals surface area contributed by atoms with E-state index in [1.165, 1.54) is 0 Å². The van der Waals surface area contributed by atoms with Gasteiger partial charge in [0.2, 0.25) is 5.79 Å². The van der Waals surface area contributed by atoms with Crippen LogP contribution in [0.15, 0.2) is 48.6 Å². The van der Waals surface area contributed by atoms with E-state index in [9.17, 15) is 4.79 Å². The molecule has 1 heterocycles. The lowest BCUT2D eigenvalue weighted by molar-refractivity contribution is -0.0765. The van der Waals surface area contributed by atoms with Gasteiger partial charge in [-0.2, -0.15) is 0 Å². The average Bonchev–Trinajstić information content (AvgIpc) is 3.02. The summed E-state index contributed by atoms with van der Waals surface area (Å²) in [6.07, 6.45) is 8.05. The molecule has 0 bridgehead atoms. The summed E-state index contributed by atoms with van der Waals surface area (Å²) in [5, 5.41) is 0. The first-order valence-electron chi connectivity index (χ1n) is 6.99. The van der Waals surface area contributed by atoms with Gasteiger partial charge in [0.25, 0.3) is 0 Å². The number of fused-ring (bicyclic) bond motifs is 2. The highest BCUT2D eigenvalue weighted by atomic mass is 16.7. The molecular formula is C17H16O3. The van der Waals surface area contributed by atoms with Gasteiger partial charge >= 0.3 is 0 Å². The van der Waals surface area contributed by atoms with Crippen LogP contribution in [0.1, 0.15) is 22.8 Å². The molecule has 20 heavy (non-hydrogen) atoms. The van der Waals surface area contributed by atoms with Crippen LogP contribution in [0.5, 0.6) is 0 Å². The monoisotopic (exact) mass is 268 g/mol. The standard InChI is InChI=1S/C17H16O3/c1-12-15(18)13-4-2-3-5-14(13)16(12)6-8-17(9-7-16)19-10-11-20-17/h2-9,12H,10-11H2,1H3. The van der Waals surface area contributed by atoms with E-state index in [0.717, 1.165) is 11.1 Å². The van der Waals surface area contributed by atoms with Crippen molar-refractivity contribution in [3.8, 4) is 0 Å². The van der Waals surface area contributed by atoms with Gasteiger partial charge in [0.15, 0.2) is 5.78 Å². The molecule has 2 aliphatic carbocycles. The number of ether oxygens (including phenoxy) is 2. The lowest BCUT2D eigenvalue weighted by Crippen LogP contribution is -2.35. The molecule has 1 aromatic carbocycles. The van der Waals surface area contributed by atoms with Crippen molar-refractivity contribution in [1.82, 2.24) is 0 Å². The van der Waals surface area contributed by atoms with Crippen molar-refractivity contribution in [2.75, 3.05) is 13.2 Å². The van der Waals surface area contributed by atoms with Gasteiger partial charge in [-0.3, -0.25) is 4.79 Å². The number of carbonyl (C=O) groups is 1. The second-order valence-electron chi connectivity index (χ2n) is 5.65. The molecule has 2 spiro atoms. The minimum Gasteiger partial charge on any atom is -0.341 e. The van der Waals surface area contributed by atoms with Crippen LogP contribution in [0.4, 0.5) is 0 Å². The van der Waals surface area contributed by atoms with Crippen molar-refractivity contribution in [1.29, 1.82) is 0 Å². The zero-order chi connectivity index (χ0) is 13.8. The molecule has 1 aromatic rings. The Balaban J connectivity index is 1.83. The highest BCUT2D eigenvalue weighted by Crippen LogP contribution is 2.48. The van der Waals surface area contributed by atoms with Gasteiger partial charge in [0.05, 0.1) is 13.2 Å². The van der Waals surface area contributed by atoms with Crippen LogP contribution in [-0.4, -0.2) is 24.8 Å². The van der Waals surface area contributed by atoms with Gasteiger partial charge in [-0.25, -0.2) is 0 Å². The first-order chi connectivity index (χ1) is 9.67. The van der Waals surface area contributed by atoms with Crippen LogP contribution in [0.25, 0.3) is 0 Å². The van der Waals surface area contributed by atoms with Gasteiger partial charge in [-0.05, 0) is 17.7 Å². The van der Waals surface area contributed by atoms with E-state index in [1.807, 2.05) is 43.3 Å². The highest BCUT2D eigenvalue weighted by Gasteiger charge is 2.49. The lowest BCUT2D eigenvalue weighted by atomic mass is 9.72. The minimum atomic E-state index is -0.717. The van der Waals surface area contributed by atoms with Gasteiger partial charge in [0.1, 0.15) is 0 Å². The second kappa shape index (κ2) is 3.90. The molecule has 0 aromatic heterocycles. The fourth-order valence-corrected chi connectivity index (χ4v) is 3.48. The molecule has 3 heteroatoms. The molecule has 3 aliphatic rings. The fraction of sp³-hybridized carbons (Fsp3) is 0.353. The smallest absolute Gasteiger partial charge is 0.208 e. The molecule has 0 N–H and O–H groups in total. The molecular weight excluding hydrogens is 252 g/mol. The summed E-state index contributed by atoms with van der Waals surface area (Å²) < 4.78 is 11.3. The summed E-state index contributed by atoms with van der Waals surface area (Å²) in [4.78, 5) is 12.5. The Hall–Kier alpha value is -1.71. The van der Waals surface area contributed by atoms with Crippen LogP contribution >= 0.6 is 0 Å². The Morgan fingerprint density at radius 2 is 1.70 bits per heavy atom. The molecule has 0 radical (unpaired) electrons. The molecule has 1 aliphatic heterocycles. The average molecular weight is 268 g/mol. The van der Waals surface area contributed by atoms with Gasteiger partial charge in [0, 0.05) is 16.9 Å². The summed E-state index contributed by atoms with van der Waals surface area (Å²) in [6.45, 7) is 3.20. The first-order valence-corrected chi connectivity index (χ1v) is 6.99. The molecule has 0 saturated carbocycles. The van der Waals surface area contributed by atoms with Crippen molar-refractivity contribution >= 4 is 5.78 Å². The number of hydrogen-bond donors (Lipinski definition) is 0. The Bertz CT molecular complexity index is 619. The quantitative estimate of drug-likeness (QED) is 0.679. The van der Waals surface area contributed by atoms with E-state index in [-0.39, 0.29) is 17.1 Å². The highest BCUT2D eigenvalue weighted by molar-refractivity contribution is 6.05. The number of allylic oxidation sites excluding steroid dienone is 2. The summed E-state index contributed by atoms with van der Waals surface area (Å²) in [6, 6.07) is 7.86. The molecule has 0 amide bonds. The van der Waals surface area contributed by atoms with Crippen LogP contribution in [-0.2, 0) is 14.9 Å². The van der Waals surface area contributed by atoms with Gasteiger partial charge < -0.3 is 9.47 Å². The first kappa shape index (κ1) is 12.1. The molecule has 4 rings (SSSR count). The third-order valence-corrected chi connectivity index (χ3v) is 4.69. The van der Waals surface area contributed by atoms with Crippen LogP contribution in [0, 0.1) is 5.92 Å². The van der Waals surface area contributed by atoms with Crippen molar-refractivity contribution < 1.29 is 14.3 Å². The normalized spacial score (nSPS) is 28.4. The van der Waals surface area contributed by atoms with E-state index < -0.39 is 5.79 Å². The molecule has 102 valence electrons. The Morgan fingerprint density at radius 1 is 1.05 bits per heavy atom. The summed E-state index contributed by atoms with van der Waals surface area (Å²) in [5.74, 6) is -0.601. The largest absolute Gasteiger partial charge is 0.341 e. The zero-order valence-corrected chi connectivity index (χ0v) is 11.3. The number of Topliss-reactive ketones (excluding diaryl/α,β-unsaturated/α-hetero) is 1. The zero-order valence-electron chi connectivity index (χ0n) is 11.3. The third-order valence-electron chi connectivity index (χ3n) is 4.69. The fourth-order valence-electron chi connectivity index (χ4n) is 3.48. The number of ketones is 1.